The van der Waals surface area contributed by atoms with E-state index < -0.39 is 28.5 Å². The van der Waals surface area contributed by atoms with Crippen LogP contribution in [0.2, 0.25) is 0 Å². The molecule has 7 heteroatoms. The summed E-state index contributed by atoms with van der Waals surface area (Å²) < 4.78 is 4.08. The lowest BCUT2D eigenvalue weighted by Gasteiger charge is -2.35. The average Bonchev–Trinajstić information content (AvgIpc) is 2.99. The highest BCUT2D eigenvalue weighted by Crippen LogP contribution is 2.60. The highest BCUT2D eigenvalue weighted by molar-refractivity contribution is 8.04. The van der Waals surface area contributed by atoms with Gasteiger partial charge in [-0.1, -0.05) is 6.08 Å². The number of aliphatic carboxylic acids is 1. The number of ether oxygens (including phenoxy) is 1. The number of amides is 1. The van der Waals surface area contributed by atoms with Crippen LogP contribution in [0, 0.1) is 16.7 Å². The molecule has 0 saturated heterocycles. The van der Waals surface area contributed by atoms with E-state index in [4.69, 9.17) is 20.8 Å². The summed E-state index contributed by atoms with van der Waals surface area (Å²) in [5.41, 5.74) is 4.00. The SMILES string of the molecule is CC1(C2=C(C#N)O2)SC=CC1(CC(=O)O)C(N)=O. The van der Waals surface area contributed by atoms with Gasteiger partial charge in [0.2, 0.25) is 11.7 Å². The summed E-state index contributed by atoms with van der Waals surface area (Å²) in [6, 6.07) is 1.84. The van der Waals surface area contributed by atoms with Crippen molar-refractivity contribution in [3.63, 3.8) is 0 Å². The van der Waals surface area contributed by atoms with E-state index in [2.05, 4.69) is 0 Å². The number of nitrogens with two attached hydrogens (primary N) is 1. The van der Waals surface area contributed by atoms with Crippen LogP contribution in [0.4, 0.5) is 0 Å². The van der Waals surface area contributed by atoms with E-state index in [9.17, 15) is 9.59 Å². The molecule has 6 nitrogen and oxygen atoms in total. The average molecular weight is 266 g/mol. The highest BCUT2D eigenvalue weighted by atomic mass is 32.2. The first-order valence-electron chi connectivity index (χ1n) is 5.07. The second-order valence-corrected chi connectivity index (χ2v) is 5.56. The van der Waals surface area contributed by atoms with Crippen molar-refractivity contribution in [2.45, 2.75) is 18.1 Å². The van der Waals surface area contributed by atoms with Crippen molar-refractivity contribution in [1.29, 1.82) is 5.26 Å². The first-order chi connectivity index (χ1) is 8.37. The van der Waals surface area contributed by atoms with Crippen LogP contribution < -0.4 is 5.73 Å². The van der Waals surface area contributed by atoms with Gasteiger partial charge < -0.3 is 15.6 Å². The molecule has 0 radical (unpaired) electrons. The lowest BCUT2D eigenvalue weighted by Crippen LogP contribution is -2.50. The minimum Gasteiger partial charge on any atom is -0.481 e. The van der Waals surface area contributed by atoms with E-state index in [1.165, 1.54) is 17.8 Å². The van der Waals surface area contributed by atoms with E-state index in [1.807, 2.05) is 6.07 Å². The van der Waals surface area contributed by atoms with Crippen molar-refractivity contribution < 1.29 is 19.4 Å². The Morgan fingerprint density at radius 3 is 2.78 bits per heavy atom. The Morgan fingerprint density at radius 1 is 1.67 bits per heavy atom. The number of thioether (sulfide) groups is 1. The van der Waals surface area contributed by atoms with Crippen molar-refractivity contribution in [1.82, 2.24) is 0 Å². The molecule has 0 aromatic heterocycles. The Kier molecular flexibility index (Phi) is 2.63. The molecule has 2 rings (SSSR count). The maximum Gasteiger partial charge on any atom is 0.304 e. The molecule has 3 N–H and O–H groups in total. The maximum atomic E-state index is 11.7. The molecule has 1 amide bonds. The van der Waals surface area contributed by atoms with Crippen molar-refractivity contribution >= 4 is 23.6 Å². The van der Waals surface area contributed by atoms with Crippen LogP contribution >= 0.6 is 11.8 Å². The number of hydrogen-bond donors (Lipinski definition) is 2. The molecule has 0 aromatic carbocycles. The quantitative estimate of drug-likeness (QED) is 0.774. The minimum atomic E-state index is -1.38. The number of hydrogen-bond acceptors (Lipinski definition) is 5. The number of carbonyl (C=O) groups is 2. The first kappa shape index (κ1) is 12.5. The molecule has 0 fully saturated rings. The molecule has 0 aromatic rings. The summed E-state index contributed by atoms with van der Waals surface area (Å²) in [6.45, 7) is 1.66. The molecule has 0 saturated carbocycles. The van der Waals surface area contributed by atoms with Crippen molar-refractivity contribution in [3.8, 4) is 6.07 Å². The number of carbonyl (C=O) groups excluding carboxylic acids is 1. The third-order valence-electron chi connectivity index (χ3n) is 3.28. The van der Waals surface area contributed by atoms with Crippen molar-refractivity contribution in [3.05, 3.63) is 23.0 Å². The van der Waals surface area contributed by atoms with Crippen molar-refractivity contribution in [2.75, 3.05) is 0 Å². The van der Waals surface area contributed by atoms with Crippen LogP contribution in [0.15, 0.2) is 23.0 Å². The Labute approximate surface area is 107 Å². The molecule has 2 unspecified atom stereocenters. The topological polar surface area (TPSA) is 117 Å². The summed E-state index contributed by atoms with van der Waals surface area (Å²) in [4.78, 5) is 22.7. The van der Waals surface area contributed by atoms with E-state index in [0.29, 0.717) is 5.76 Å². The number of carboxylic acid groups (broad SMARTS) is 1. The molecule has 94 valence electrons. The summed E-state index contributed by atoms with van der Waals surface area (Å²) in [5.74, 6) is -1.41. The molecular weight excluding hydrogens is 256 g/mol. The predicted molar refractivity (Wildman–Crippen MR) is 62.7 cm³/mol. The zero-order valence-corrected chi connectivity index (χ0v) is 10.3. The fraction of sp³-hybridized carbons (Fsp3) is 0.364. The number of primary amides is 1. The monoisotopic (exact) mass is 266 g/mol. The van der Waals surface area contributed by atoms with Gasteiger partial charge in [-0.2, -0.15) is 5.26 Å². The van der Waals surface area contributed by atoms with Crippen LogP contribution in [0.3, 0.4) is 0 Å². The van der Waals surface area contributed by atoms with Gasteiger partial charge in [0.15, 0.2) is 5.76 Å². The van der Waals surface area contributed by atoms with Crippen LogP contribution in [0.5, 0.6) is 0 Å². The van der Waals surface area contributed by atoms with Gasteiger partial charge in [-0.05, 0) is 12.3 Å². The zero-order chi connectivity index (χ0) is 13.6. The Balaban J connectivity index is 2.49. The summed E-state index contributed by atoms with van der Waals surface area (Å²) >= 11 is 1.23. The second-order valence-electron chi connectivity index (χ2n) is 4.23. The lowest BCUT2D eigenvalue weighted by atomic mass is 9.72. The zero-order valence-electron chi connectivity index (χ0n) is 9.47. The van der Waals surface area contributed by atoms with Gasteiger partial charge in [0.1, 0.15) is 11.5 Å². The first-order valence-corrected chi connectivity index (χ1v) is 5.95. The number of carboxylic acids is 1. The van der Waals surface area contributed by atoms with Gasteiger partial charge >= 0.3 is 5.97 Å². The number of nitriles is 1. The fourth-order valence-corrected chi connectivity index (χ4v) is 3.41. The third kappa shape index (κ3) is 1.49. The lowest BCUT2D eigenvalue weighted by molar-refractivity contribution is -0.143. The molecule has 0 bridgehead atoms. The van der Waals surface area contributed by atoms with E-state index in [1.54, 1.807) is 12.3 Å². The molecule has 2 aliphatic heterocycles. The number of nitrogens with zero attached hydrogens (tertiary/aromatic N) is 1. The molecule has 2 heterocycles. The van der Waals surface area contributed by atoms with Gasteiger partial charge in [0, 0.05) is 0 Å². The van der Waals surface area contributed by atoms with Gasteiger partial charge in [-0.3, -0.25) is 9.59 Å². The molecule has 2 aliphatic rings. The van der Waals surface area contributed by atoms with E-state index in [-0.39, 0.29) is 5.76 Å². The summed E-state index contributed by atoms with van der Waals surface area (Å²) in [6.07, 6.45) is 1.05. The second kappa shape index (κ2) is 3.78. The third-order valence-corrected chi connectivity index (χ3v) is 4.57. The normalized spacial score (nSPS) is 32.9. The van der Waals surface area contributed by atoms with E-state index >= 15 is 0 Å². The number of allylic oxidation sites excluding steroid dienone is 1. The Hall–Kier alpha value is -1.94. The van der Waals surface area contributed by atoms with Gasteiger partial charge in [-0.15, -0.1) is 11.8 Å². The molecule has 18 heavy (non-hydrogen) atoms. The van der Waals surface area contributed by atoms with Crippen LogP contribution in [0.25, 0.3) is 0 Å². The van der Waals surface area contributed by atoms with Gasteiger partial charge in [-0.25, -0.2) is 0 Å². The van der Waals surface area contributed by atoms with Crippen molar-refractivity contribution in [2.24, 2.45) is 11.1 Å². The number of rotatable bonds is 4. The highest BCUT2D eigenvalue weighted by Gasteiger charge is 2.62. The largest absolute Gasteiger partial charge is 0.481 e. The van der Waals surface area contributed by atoms with Crippen LogP contribution in [-0.4, -0.2) is 21.7 Å². The molecule has 2 atom stereocenters. The summed E-state index contributed by atoms with van der Waals surface area (Å²) in [5, 5.41) is 19.3. The van der Waals surface area contributed by atoms with Crippen LogP contribution in [0.1, 0.15) is 13.3 Å². The fourth-order valence-electron chi connectivity index (χ4n) is 2.14. The molecule has 0 aliphatic carbocycles. The Bertz CT molecular complexity index is 548. The Morgan fingerprint density at radius 2 is 2.33 bits per heavy atom. The van der Waals surface area contributed by atoms with Crippen LogP contribution in [-0.2, 0) is 14.3 Å². The smallest absolute Gasteiger partial charge is 0.304 e. The summed E-state index contributed by atoms with van der Waals surface area (Å²) in [7, 11) is 0. The minimum absolute atomic E-state index is 0.129. The van der Waals surface area contributed by atoms with Gasteiger partial charge in [0.25, 0.3) is 0 Å². The van der Waals surface area contributed by atoms with Gasteiger partial charge in [0.05, 0.1) is 11.2 Å². The predicted octanol–water partition coefficient (Wildman–Crippen LogP) is 0.717. The van der Waals surface area contributed by atoms with E-state index in [0.717, 1.165) is 0 Å². The molecular formula is C11H10N2O4S. The standard InChI is InChI=1S/C11H10N2O4S/c1-10(8-6(5-12)17-8)11(9(13)16,2-3-18-10)4-7(14)15/h2-3H,4H2,1H3,(H2,13,16)(H,14,15). The molecule has 0 spiro atoms. The maximum absolute atomic E-state index is 11.7.